The molecule has 1 heterocycles. The molecule has 0 atom stereocenters. The van der Waals surface area contributed by atoms with E-state index >= 15 is 0 Å². The second-order valence-corrected chi connectivity index (χ2v) is 11.6. The molecule has 8 saturated carbocycles. The molecule has 8 bridgehead atoms. The van der Waals surface area contributed by atoms with Gasteiger partial charge in [-0.05, 0) is 112 Å². The molecule has 22 heavy (non-hydrogen) atoms. The molecule has 118 valence electrons. The summed E-state index contributed by atoms with van der Waals surface area (Å²) in [6.45, 7) is 0. The van der Waals surface area contributed by atoms with E-state index in [2.05, 4.69) is 17.3 Å². The van der Waals surface area contributed by atoms with E-state index < -0.39 is 0 Å². The number of allylic oxidation sites excluding steroid dienone is 1. The Kier molecular flexibility index (Phi) is 2.17. The maximum Gasteiger partial charge on any atom is 0.0568 e. The van der Waals surface area contributed by atoms with Gasteiger partial charge in [0.25, 0.3) is 0 Å². The zero-order chi connectivity index (χ0) is 14.1. The van der Waals surface area contributed by atoms with Crippen molar-refractivity contribution in [3.8, 4) is 0 Å². The van der Waals surface area contributed by atoms with Crippen LogP contribution in [0, 0.1) is 47.3 Å². The summed E-state index contributed by atoms with van der Waals surface area (Å²) >= 11 is 2.43. The summed E-state index contributed by atoms with van der Waals surface area (Å²) in [5.74, 6) is 8.85. The van der Waals surface area contributed by atoms with Crippen LogP contribution in [0.1, 0.15) is 64.2 Å². The van der Waals surface area contributed by atoms with Gasteiger partial charge in [0.15, 0.2) is 0 Å². The van der Waals surface area contributed by atoms with Gasteiger partial charge in [0, 0.05) is 4.91 Å². The molecular weight excluding hydrogens is 284 g/mol. The van der Waals surface area contributed by atoms with Crippen molar-refractivity contribution in [3.05, 3.63) is 10.5 Å². The third-order valence-electron chi connectivity index (χ3n) is 9.22. The minimum absolute atomic E-state index is 0.720. The third-order valence-corrected chi connectivity index (χ3v) is 11.0. The monoisotopic (exact) mass is 312 g/mol. The van der Waals surface area contributed by atoms with Crippen molar-refractivity contribution < 1.29 is 0 Å². The van der Waals surface area contributed by atoms with Crippen LogP contribution in [0.15, 0.2) is 10.5 Å². The van der Waals surface area contributed by atoms with E-state index in [1.54, 1.807) is 64.2 Å². The van der Waals surface area contributed by atoms with Gasteiger partial charge in [0.2, 0.25) is 0 Å². The predicted molar refractivity (Wildman–Crippen MR) is 91.4 cm³/mol. The molecule has 1 saturated heterocycles. The molecule has 1 aliphatic heterocycles. The Balaban J connectivity index is 1.31. The van der Waals surface area contributed by atoms with Crippen LogP contribution in [0.4, 0.5) is 0 Å². The highest BCUT2D eigenvalue weighted by Crippen LogP contribution is 2.79. The molecule has 0 radical (unpaired) electrons. The van der Waals surface area contributed by atoms with Gasteiger partial charge in [0.05, 0.1) is 4.75 Å². The first-order valence-electron chi connectivity index (χ1n) is 10.2. The highest BCUT2D eigenvalue weighted by atomic mass is 32.2. The number of hydrogen-bond acceptors (Lipinski definition) is 1. The lowest BCUT2D eigenvalue weighted by molar-refractivity contribution is 0.00572. The van der Waals surface area contributed by atoms with Crippen LogP contribution in [0.25, 0.3) is 0 Å². The average molecular weight is 313 g/mol. The lowest BCUT2D eigenvalue weighted by Gasteiger charge is -2.55. The maximum absolute atomic E-state index is 2.43. The summed E-state index contributed by atoms with van der Waals surface area (Å²) in [7, 11) is 0. The molecule has 0 aromatic heterocycles. The fourth-order valence-corrected chi connectivity index (χ4v) is 10.8. The van der Waals surface area contributed by atoms with E-state index in [0.29, 0.717) is 0 Å². The molecule has 9 aliphatic rings. The highest BCUT2D eigenvalue weighted by Gasteiger charge is 2.68. The minimum atomic E-state index is 0.720. The average Bonchev–Trinajstić information content (AvgIpc) is 3.19. The molecule has 0 amide bonds. The zero-order valence-electron chi connectivity index (χ0n) is 13.6. The molecule has 0 aromatic carbocycles. The molecule has 1 spiro atoms. The van der Waals surface area contributed by atoms with Crippen molar-refractivity contribution in [2.45, 2.75) is 69.0 Å². The number of hydrogen-bond donors (Lipinski definition) is 0. The molecule has 0 aromatic rings. The fraction of sp³-hybridized carbons (Fsp3) is 0.905. The molecule has 1 heteroatoms. The summed E-state index contributed by atoms with van der Waals surface area (Å²) in [5, 5.41) is 0. The Hall–Kier alpha value is 0.0900. The maximum atomic E-state index is 2.43. The lowest BCUT2D eigenvalue weighted by atomic mass is 9.50. The molecule has 9 rings (SSSR count). The molecule has 9 fully saturated rings. The van der Waals surface area contributed by atoms with Gasteiger partial charge in [-0.1, -0.05) is 5.57 Å². The van der Waals surface area contributed by atoms with Gasteiger partial charge >= 0.3 is 0 Å². The van der Waals surface area contributed by atoms with Gasteiger partial charge in [-0.25, -0.2) is 0 Å². The van der Waals surface area contributed by atoms with E-state index in [9.17, 15) is 0 Å². The quantitative estimate of drug-likeness (QED) is 0.522. The largest absolute Gasteiger partial charge is 0.116 e. The van der Waals surface area contributed by atoms with Crippen LogP contribution >= 0.6 is 11.8 Å². The Morgan fingerprint density at radius 1 is 0.591 bits per heavy atom. The van der Waals surface area contributed by atoms with E-state index in [-0.39, 0.29) is 0 Å². The van der Waals surface area contributed by atoms with E-state index in [4.69, 9.17) is 0 Å². The highest BCUT2D eigenvalue weighted by molar-refractivity contribution is 8.13. The van der Waals surface area contributed by atoms with Gasteiger partial charge in [0.1, 0.15) is 0 Å². The SMILES string of the molecule is C1C2CC3CC1CC(C2)C3=C1SC12C1CC3CC(C1)CC2C3. The van der Waals surface area contributed by atoms with Crippen LogP contribution in [-0.4, -0.2) is 4.75 Å². The summed E-state index contributed by atoms with van der Waals surface area (Å²) in [4.78, 5) is 2.02. The van der Waals surface area contributed by atoms with Crippen LogP contribution < -0.4 is 0 Å². The minimum Gasteiger partial charge on any atom is -0.116 e. The van der Waals surface area contributed by atoms with Crippen molar-refractivity contribution in [3.63, 3.8) is 0 Å². The number of thioether (sulfide) groups is 1. The van der Waals surface area contributed by atoms with Crippen LogP contribution in [0.5, 0.6) is 0 Å². The van der Waals surface area contributed by atoms with Crippen molar-refractivity contribution in [2.24, 2.45) is 47.3 Å². The summed E-state index contributed by atoms with van der Waals surface area (Å²) < 4.78 is 0.720. The second kappa shape index (κ2) is 3.84. The van der Waals surface area contributed by atoms with Crippen molar-refractivity contribution >= 4 is 11.8 Å². The molecule has 8 aliphatic carbocycles. The van der Waals surface area contributed by atoms with Gasteiger partial charge in [-0.2, -0.15) is 0 Å². The van der Waals surface area contributed by atoms with Gasteiger partial charge < -0.3 is 0 Å². The summed E-state index contributed by atoms with van der Waals surface area (Å²) in [5.41, 5.74) is 2.07. The molecule has 0 unspecified atom stereocenters. The third kappa shape index (κ3) is 1.37. The van der Waals surface area contributed by atoms with Crippen molar-refractivity contribution in [1.82, 2.24) is 0 Å². The van der Waals surface area contributed by atoms with Crippen molar-refractivity contribution in [1.29, 1.82) is 0 Å². The van der Waals surface area contributed by atoms with Crippen LogP contribution in [0.2, 0.25) is 0 Å². The number of rotatable bonds is 0. The normalized spacial score (nSPS) is 63.3. The first-order chi connectivity index (χ1) is 10.8. The topological polar surface area (TPSA) is 0 Å². The summed E-state index contributed by atoms with van der Waals surface area (Å²) in [6, 6.07) is 0. The summed E-state index contributed by atoms with van der Waals surface area (Å²) in [6.07, 6.45) is 16.0. The first kappa shape index (κ1) is 12.5. The Morgan fingerprint density at radius 3 is 1.55 bits per heavy atom. The second-order valence-electron chi connectivity index (χ2n) is 10.3. The smallest absolute Gasteiger partial charge is 0.0568 e. The molecular formula is C21H28S. The first-order valence-corrected chi connectivity index (χ1v) is 11.0. The van der Waals surface area contributed by atoms with Crippen molar-refractivity contribution in [2.75, 3.05) is 0 Å². The Morgan fingerprint density at radius 2 is 1.05 bits per heavy atom. The van der Waals surface area contributed by atoms with Gasteiger partial charge in [-0.15, -0.1) is 11.8 Å². The van der Waals surface area contributed by atoms with E-state index in [0.717, 1.165) is 52.1 Å². The van der Waals surface area contributed by atoms with Gasteiger partial charge in [-0.3, -0.25) is 0 Å². The Labute approximate surface area is 138 Å². The lowest BCUT2D eigenvalue weighted by Crippen LogP contribution is -2.50. The fourth-order valence-electron chi connectivity index (χ4n) is 8.91. The van der Waals surface area contributed by atoms with Crippen LogP contribution in [-0.2, 0) is 0 Å². The van der Waals surface area contributed by atoms with Crippen LogP contribution in [0.3, 0.4) is 0 Å². The van der Waals surface area contributed by atoms with E-state index in [1.807, 2.05) is 4.91 Å². The standard InChI is InChI=1S/C21H28S/c1-11-3-15-5-12(1)6-16(4-11)19(15)20-21(22-20)17-7-13-2-14(9-17)10-18(21)8-13/h11-18H,1-10H2. The predicted octanol–water partition coefficient (Wildman–Crippen LogP) is 5.64. The Bertz CT molecular complexity index is 527. The molecule has 0 N–H and O–H groups in total. The zero-order valence-corrected chi connectivity index (χ0v) is 14.4. The van der Waals surface area contributed by atoms with E-state index in [1.165, 1.54) is 0 Å². The molecule has 0 nitrogen and oxygen atoms in total.